The molecular formula is C25H33N3O4S. The van der Waals surface area contributed by atoms with Crippen molar-refractivity contribution in [3.05, 3.63) is 45.8 Å². The predicted molar refractivity (Wildman–Crippen MR) is 130 cm³/mol. The van der Waals surface area contributed by atoms with E-state index in [9.17, 15) is 9.59 Å². The van der Waals surface area contributed by atoms with E-state index in [1.807, 2.05) is 12.1 Å². The molecule has 1 aromatic carbocycles. The van der Waals surface area contributed by atoms with Gasteiger partial charge in [-0.2, -0.15) is 0 Å². The standard InChI is InChI=1S/C25H33N3O4S/c1-31-15-13-26-24(30)23-19-6-3-4-8-21(19)33-25(23)27-22(29)16-28-14-5-7-20(28)17-9-11-18(32-2)12-10-17/h9-12,20H,3-8,13-16H2,1-2H3,(H,26,30)(H,27,29). The molecule has 1 atom stereocenters. The van der Waals surface area contributed by atoms with Gasteiger partial charge < -0.3 is 20.1 Å². The van der Waals surface area contributed by atoms with Gasteiger partial charge in [0, 0.05) is 24.6 Å². The summed E-state index contributed by atoms with van der Waals surface area (Å²) in [5, 5.41) is 6.70. The van der Waals surface area contributed by atoms with E-state index in [4.69, 9.17) is 9.47 Å². The highest BCUT2D eigenvalue weighted by atomic mass is 32.1. The van der Waals surface area contributed by atoms with Gasteiger partial charge >= 0.3 is 0 Å². The Bertz CT molecular complexity index is 973. The second kappa shape index (κ2) is 11.1. The van der Waals surface area contributed by atoms with Crippen molar-refractivity contribution in [3.8, 4) is 5.75 Å². The number of aryl methyl sites for hydroxylation is 1. The number of rotatable bonds is 9. The molecule has 2 aliphatic rings. The average Bonchev–Trinajstić information content (AvgIpc) is 3.43. The first kappa shape index (κ1) is 23.7. The van der Waals surface area contributed by atoms with Gasteiger partial charge in [0.1, 0.15) is 10.8 Å². The third-order valence-electron chi connectivity index (χ3n) is 6.45. The number of likely N-dealkylation sites (tertiary alicyclic amines) is 1. The molecule has 1 unspecified atom stereocenters. The van der Waals surface area contributed by atoms with Crippen LogP contribution in [0.5, 0.6) is 5.75 Å². The van der Waals surface area contributed by atoms with Crippen molar-refractivity contribution >= 4 is 28.2 Å². The minimum atomic E-state index is -0.126. The molecule has 2 aromatic rings. The number of fused-ring (bicyclic) bond motifs is 1. The fourth-order valence-electron chi connectivity index (χ4n) is 4.82. The highest BCUT2D eigenvalue weighted by Crippen LogP contribution is 2.38. The van der Waals surface area contributed by atoms with E-state index >= 15 is 0 Å². The Labute approximate surface area is 199 Å². The van der Waals surface area contributed by atoms with Crippen LogP contribution in [0.1, 0.15) is 58.1 Å². The van der Waals surface area contributed by atoms with Crippen LogP contribution in [0.4, 0.5) is 5.00 Å². The van der Waals surface area contributed by atoms with Crippen molar-refractivity contribution in [3.63, 3.8) is 0 Å². The molecule has 2 amide bonds. The Morgan fingerprint density at radius 2 is 1.91 bits per heavy atom. The number of ether oxygens (including phenoxy) is 2. The molecule has 0 spiro atoms. The normalized spacial score (nSPS) is 18.1. The maximum absolute atomic E-state index is 13.1. The summed E-state index contributed by atoms with van der Waals surface area (Å²) in [6, 6.07) is 8.31. The Balaban J connectivity index is 1.46. The molecule has 0 saturated carbocycles. The summed E-state index contributed by atoms with van der Waals surface area (Å²) in [7, 11) is 3.28. The molecule has 4 rings (SSSR count). The van der Waals surface area contributed by atoms with Gasteiger partial charge in [-0.05, 0) is 68.3 Å². The minimum Gasteiger partial charge on any atom is -0.497 e. The van der Waals surface area contributed by atoms with E-state index in [1.165, 1.54) is 10.4 Å². The number of nitrogens with one attached hydrogen (secondary N) is 2. The summed E-state index contributed by atoms with van der Waals surface area (Å²) in [4.78, 5) is 29.5. The smallest absolute Gasteiger partial charge is 0.254 e. The van der Waals surface area contributed by atoms with Gasteiger partial charge in [0.25, 0.3) is 5.91 Å². The third-order valence-corrected chi connectivity index (χ3v) is 7.66. The van der Waals surface area contributed by atoms with Crippen LogP contribution >= 0.6 is 11.3 Å². The van der Waals surface area contributed by atoms with Crippen molar-refractivity contribution in [1.29, 1.82) is 0 Å². The van der Waals surface area contributed by atoms with Crippen LogP contribution in [0.25, 0.3) is 0 Å². The summed E-state index contributed by atoms with van der Waals surface area (Å²) in [5.41, 5.74) is 2.95. The van der Waals surface area contributed by atoms with Crippen molar-refractivity contribution < 1.29 is 19.1 Å². The van der Waals surface area contributed by atoms with Gasteiger partial charge in [-0.15, -0.1) is 11.3 Å². The van der Waals surface area contributed by atoms with Crippen LogP contribution < -0.4 is 15.4 Å². The lowest BCUT2D eigenvalue weighted by Gasteiger charge is -2.24. The van der Waals surface area contributed by atoms with Gasteiger partial charge in [0.15, 0.2) is 0 Å². The van der Waals surface area contributed by atoms with Crippen LogP contribution in [0.15, 0.2) is 24.3 Å². The summed E-state index contributed by atoms with van der Waals surface area (Å²) in [6.45, 7) is 2.10. The lowest BCUT2D eigenvalue weighted by Crippen LogP contribution is -2.33. The number of methoxy groups -OCH3 is 2. The van der Waals surface area contributed by atoms with E-state index in [1.54, 1.807) is 25.6 Å². The first-order valence-corrected chi connectivity index (χ1v) is 12.5. The zero-order valence-corrected chi connectivity index (χ0v) is 20.3. The van der Waals surface area contributed by atoms with E-state index in [0.717, 1.165) is 56.4 Å². The molecule has 2 N–H and O–H groups in total. The molecule has 0 radical (unpaired) electrons. The van der Waals surface area contributed by atoms with E-state index < -0.39 is 0 Å². The summed E-state index contributed by atoms with van der Waals surface area (Å²) >= 11 is 1.56. The number of carbonyl (C=O) groups is 2. The molecule has 1 aliphatic carbocycles. The fourth-order valence-corrected chi connectivity index (χ4v) is 6.12. The molecule has 8 heteroatoms. The number of carbonyl (C=O) groups excluding carboxylic acids is 2. The van der Waals surface area contributed by atoms with Crippen LogP contribution in [0.2, 0.25) is 0 Å². The second-order valence-electron chi connectivity index (χ2n) is 8.61. The highest BCUT2D eigenvalue weighted by Gasteiger charge is 2.30. The molecule has 1 saturated heterocycles. The molecule has 7 nitrogen and oxygen atoms in total. The topological polar surface area (TPSA) is 79.9 Å². The maximum Gasteiger partial charge on any atom is 0.254 e. The van der Waals surface area contributed by atoms with Crippen LogP contribution in [0.3, 0.4) is 0 Å². The number of amides is 2. The number of hydrogen-bond acceptors (Lipinski definition) is 6. The van der Waals surface area contributed by atoms with E-state index in [0.29, 0.717) is 30.3 Å². The molecule has 178 valence electrons. The second-order valence-corrected chi connectivity index (χ2v) is 9.72. The Hall–Kier alpha value is -2.42. The molecule has 0 bridgehead atoms. The number of benzene rings is 1. The molecule has 1 aromatic heterocycles. The van der Waals surface area contributed by atoms with Crippen LogP contribution in [-0.2, 0) is 22.4 Å². The number of anilines is 1. The van der Waals surface area contributed by atoms with Crippen LogP contribution in [-0.4, -0.2) is 57.2 Å². The zero-order valence-electron chi connectivity index (χ0n) is 19.4. The lowest BCUT2D eigenvalue weighted by atomic mass is 9.95. The minimum absolute atomic E-state index is 0.0695. The summed E-state index contributed by atoms with van der Waals surface area (Å²) in [5.74, 6) is 0.637. The number of thiophene rings is 1. The fraction of sp³-hybridized carbons (Fsp3) is 0.520. The maximum atomic E-state index is 13.1. The first-order chi connectivity index (χ1) is 16.1. The van der Waals surface area contributed by atoms with Crippen molar-refractivity contribution in [2.75, 3.05) is 45.8 Å². The van der Waals surface area contributed by atoms with Crippen LogP contribution in [0, 0.1) is 0 Å². The summed E-state index contributed by atoms with van der Waals surface area (Å²) < 4.78 is 10.3. The summed E-state index contributed by atoms with van der Waals surface area (Å²) in [6.07, 6.45) is 6.15. The third kappa shape index (κ3) is 5.57. The molecule has 1 aliphatic heterocycles. The number of hydrogen-bond donors (Lipinski definition) is 2. The van der Waals surface area contributed by atoms with Gasteiger partial charge in [-0.1, -0.05) is 12.1 Å². The van der Waals surface area contributed by atoms with Gasteiger partial charge in [-0.3, -0.25) is 14.5 Å². The number of nitrogens with zero attached hydrogens (tertiary/aromatic N) is 1. The van der Waals surface area contributed by atoms with E-state index in [-0.39, 0.29) is 17.9 Å². The van der Waals surface area contributed by atoms with Crippen molar-refractivity contribution in [2.45, 2.75) is 44.6 Å². The SMILES string of the molecule is COCCNC(=O)c1c(NC(=O)CN2CCCC2c2ccc(OC)cc2)sc2c1CCCC2. The quantitative estimate of drug-likeness (QED) is 0.544. The Kier molecular flexibility index (Phi) is 8.01. The zero-order chi connectivity index (χ0) is 23.2. The van der Waals surface area contributed by atoms with E-state index in [2.05, 4.69) is 27.7 Å². The predicted octanol–water partition coefficient (Wildman–Crippen LogP) is 3.79. The largest absolute Gasteiger partial charge is 0.497 e. The average molecular weight is 472 g/mol. The van der Waals surface area contributed by atoms with Gasteiger partial charge in [-0.25, -0.2) is 0 Å². The molecule has 2 heterocycles. The monoisotopic (exact) mass is 471 g/mol. The van der Waals surface area contributed by atoms with Crippen molar-refractivity contribution in [1.82, 2.24) is 10.2 Å². The lowest BCUT2D eigenvalue weighted by molar-refractivity contribution is -0.117. The molecule has 33 heavy (non-hydrogen) atoms. The van der Waals surface area contributed by atoms with Gasteiger partial charge in [0.05, 0.1) is 25.8 Å². The Morgan fingerprint density at radius 1 is 1.12 bits per heavy atom. The molecule has 1 fully saturated rings. The first-order valence-electron chi connectivity index (χ1n) is 11.7. The van der Waals surface area contributed by atoms with Gasteiger partial charge in [0.2, 0.25) is 5.91 Å². The molecular weight excluding hydrogens is 438 g/mol. The Morgan fingerprint density at radius 3 is 2.67 bits per heavy atom. The highest BCUT2D eigenvalue weighted by molar-refractivity contribution is 7.17. The van der Waals surface area contributed by atoms with Crippen molar-refractivity contribution in [2.24, 2.45) is 0 Å².